The van der Waals surface area contributed by atoms with Crippen molar-refractivity contribution in [1.29, 1.82) is 0 Å². The highest BCUT2D eigenvalue weighted by Crippen LogP contribution is 2.31. The van der Waals surface area contributed by atoms with E-state index < -0.39 is 45.8 Å². The molecule has 9 nitrogen and oxygen atoms in total. The molecule has 0 aliphatic rings. The van der Waals surface area contributed by atoms with Crippen molar-refractivity contribution in [2.75, 3.05) is 0 Å². The van der Waals surface area contributed by atoms with E-state index >= 15 is 0 Å². The minimum atomic E-state index is -3.95. The second-order valence-corrected chi connectivity index (χ2v) is 9.87. The van der Waals surface area contributed by atoms with Gasteiger partial charge in [0.25, 0.3) is 11.2 Å². The van der Waals surface area contributed by atoms with Crippen molar-refractivity contribution in [2.24, 2.45) is 5.73 Å². The van der Waals surface area contributed by atoms with E-state index in [9.17, 15) is 39.6 Å². The first-order valence-corrected chi connectivity index (χ1v) is 12.8. The molecule has 0 fully saturated rings. The zero-order chi connectivity index (χ0) is 31.0. The van der Waals surface area contributed by atoms with Crippen molar-refractivity contribution < 1.29 is 39.6 Å². The Kier molecular flexibility index (Phi) is 9.87. The largest absolute Gasteiger partial charge is 0.479 e. The second-order valence-electron chi connectivity index (χ2n) is 9.87. The van der Waals surface area contributed by atoms with Crippen LogP contribution in [-0.4, -0.2) is 55.1 Å². The van der Waals surface area contributed by atoms with Gasteiger partial charge >= 0.3 is 11.9 Å². The van der Waals surface area contributed by atoms with Crippen molar-refractivity contribution in [3.63, 3.8) is 0 Å². The Morgan fingerprint density at radius 2 is 0.881 bits per heavy atom. The van der Waals surface area contributed by atoms with Crippen LogP contribution in [0.25, 0.3) is 0 Å². The molecule has 3 atom stereocenters. The van der Waals surface area contributed by atoms with Crippen LogP contribution in [0.5, 0.6) is 0 Å². The normalized spacial score (nSPS) is 15.0. The van der Waals surface area contributed by atoms with Crippen molar-refractivity contribution >= 4 is 23.5 Å². The molecule has 4 rings (SSSR count). The third-order valence-electron chi connectivity index (χ3n) is 6.72. The fourth-order valence-electron chi connectivity index (χ4n) is 4.37. The molecule has 0 amide bonds. The predicted molar refractivity (Wildman–Crippen MR) is 155 cm³/mol. The van der Waals surface area contributed by atoms with Gasteiger partial charge in [-0.15, -0.1) is 0 Å². The lowest BCUT2D eigenvalue weighted by atomic mass is 9.73. The Labute approximate surface area is 242 Å². The fraction of sp³-hybridized carbons (Fsp3) is 0.152. The first-order valence-electron chi connectivity index (χ1n) is 12.8. The van der Waals surface area contributed by atoms with E-state index in [4.69, 9.17) is 5.73 Å². The smallest absolute Gasteiger partial charge is 0.348 e. The van der Waals surface area contributed by atoms with E-state index in [1.165, 1.54) is 47.5 Å². The minimum Gasteiger partial charge on any atom is -0.479 e. The van der Waals surface area contributed by atoms with Crippen LogP contribution in [0.2, 0.25) is 0 Å². The number of carbonyl (C=O) groups is 4. The monoisotopic (exact) mass is 569 g/mol. The van der Waals surface area contributed by atoms with E-state index in [0.717, 1.165) is 30.7 Å². The van der Waals surface area contributed by atoms with Crippen molar-refractivity contribution in [1.82, 2.24) is 0 Å². The van der Waals surface area contributed by atoms with E-state index in [1.807, 2.05) is 24.3 Å². The standard InChI is InChI=1S/C18H14O8.C15H17N/c19-13(11-7-3-1-4-8-11)17(25,15(21)22)18(26,16(23)24)14(20)12-9-5-2-6-10-12;1-15(16,14-10-6-3-7-11-14)12-13-8-4-2-5-9-13/h1-10,25-26H,(H,21,22)(H,23,24);2-11H,12,16H2,1H3. The number of carboxylic acid groups (broad SMARTS) is 2. The average Bonchev–Trinajstić information content (AvgIpc) is 3.01. The maximum atomic E-state index is 12.6. The van der Waals surface area contributed by atoms with Gasteiger partial charge in [-0.1, -0.05) is 121 Å². The highest BCUT2D eigenvalue weighted by Gasteiger charge is 2.69. The summed E-state index contributed by atoms with van der Waals surface area (Å²) in [6.07, 6.45) is 0.859. The zero-order valence-electron chi connectivity index (χ0n) is 22.8. The topological polar surface area (TPSA) is 175 Å². The van der Waals surface area contributed by atoms with Gasteiger partial charge in [0.2, 0.25) is 11.6 Å². The quantitative estimate of drug-likeness (QED) is 0.141. The number of carboxylic acids is 2. The molecule has 0 aromatic heterocycles. The second kappa shape index (κ2) is 13.1. The number of rotatable bonds is 10. The Hall–Kier alpha value is -4.96. The van der Waals surface area contributed by atoms with E-state index in [1.54, 1.807) is 0 Å². The highest BCUT2D eigenvalue weighted by molar-refractivity contribution is 6.28. The number of aliphatic hydroxyl groups is 2. The minimum absolute atomic E-state index is 0.303. The molecule has 9 heteroatoms. The first-order chi connectivity index (χ1) is 19.9. The molecule has 4 aromatic carbocycles. The Balaban J connectivity index is 0.000000258. The maximum absolute atomic E-state index is 12.6. The Bertz CT molecular complexity index is 1450. The first kappa shape index (κ1) is 31.6. The third-order valence-corrected chi connectivity index (χ3v) is 6.72. The maximum Gasteiger partial charge on any atom is 0.348 e. The van der Waals surface area contributed by atoms with Crippen LogP contribution in [0, 0.1) is 0 Å². The Morgan fingerprint density at radius 3 is 1.21 bits per heavy atom. The number of nitrogens with two attached hydrogens (primary N) is 1. The van der Waals surface area contributed by atoms with Crippen LogP contribution in [0.3, 0.4) is 0 Å². The summed E-state index contributed by atoms with van der Waals surface area (Å²) < 4.78 is 0. The summed E-state index contributed by atoms with van der Waals surface area (Å²) >= 11 is 0. The molecule has 0 saturated heterocycles. The number of aliphatic carboxylic acids is 2. The van der Waals surface area contributed by atoms with E-state index in [0.29, 0.717) is 0 Å². The number of benzene rings is 4. The molecule has 42 heavy (non-hydrogen) atoms. The molecular weight excluding hydrogens is 538 g/mol. The zero-order valence-corrected chi connectivity index (χ0v) is 22.8. The van der Waals surface area contributed by atoms with Crippen LogP contribution in [-0.2, 0) is 21.5 Å². The summed E-state index contributed by atoms with van der Waals surface area (Å²) in [5.74, 6) is -8.03. The van der Waals surface area contributed by atoms with Crippen LogP contribution in [0.4, 0.5) is 0 Å². The van der Waals surface area contributed by atoms with Gasteiger partial charge in [0.15, 0.2) is 0 Å². The van der Waals surface area contributed by atoms with E-state index in [-0.39, 0.29) is 5.54 Å². The number of carbonyl (C=O) groups excluding carboxylic acids is 2. The lowest BCUT2D eigenvalue weighted by Crippen LogP contribution is -2.71. The molecular formula is C33H31NO8. The molecule has 4 aromatic rings. The van der Waals surface area contributed by atoms with Crippen molar-refractivity contribution in [3.05, 3.63) is 144 Å². The highest BCUT2D eigenvalue weighted by atomic mass is 16.5. The molecule has 6 N–H and O–H groups in total. The fourth-order valence-corrected chi connectivity index (χ4v) is 4.37. The van der Waals surface area contributed by atoms with Gasteiger partial charge in [-0.2, -0.15) is 0 Å². The average molecular weight is 570 g/mol. The van der Waals surface area contributed by atoms with Gasteiger partial charge < -0.3 is 26.2 Å². The van der Waals surface area contributed by atoms with Crippen LogP contribution >= 0.6 is 0 Å². The summed E-state index contributed by atoms with van der Waals surface area (Å²) in [5.41, 5.74) is -0.163. The summed E-state index contributed by atoms with van der Waals surface area (Å²) in [6.45, 7) is 2.08. The molecule has 0 heterocycles. The molecule has 0 bridgehead atoms. The lowest BCUT2D eigenvalue weighted by molar-refractivity contribution is -0.187. The molecule has 0 aliphatic carbocycles. The van der Waals surface area contributed by atoms with Gasteiger partial charge in [0.1, 0.15) is 0 Å². The molecule has 0 saturated carbocycles. The summed E-state index contributed by atoms with van der Waals surface area (Å²) in [4.78, 5) is 48.5. The molecule has 0 aliphatic heterocycles. The predicted octanol–water partition coefficient (Wildman–Crippen LogP) is 3.49. The van der Waals surface area contributed by atoms with Gasteiger partial charge in [-0.05, 0) is 24.5 Å². The van der Waals surface area contributed by atoms with Gasteiger partial charge in [0, 0.05) is 16.7 Å². The van der Waals surface area contributed by atoms with Gasteiger partial charge in [-0.25, -0.2) is 9.59 Å². The molecule has 216 valence electrons. The van der Waals surface area contributed by atoms with Crippen LogP contribution < -0.4 is 5.73 Å². The van der Waals surface area contributed by atoms with Crippen molar-refractivity contribution in [3.8, 4) is 0 Å². The summed E-state index contributed by atoms with van der Waals surface area (Å²) in [5, 5.41) is 39.9. The van der Waals surface area contributed by atoms with Gasteiger partial charge in [-0.3, -0.25) is 9.59 Å². The summed E-state index contributed by atoms with van der Waals surface area (Å²) in [7, 11) is 0. The number of Topliss-reactive ketones (excluding diaryl/α,β-unsaturated/α-hetero) is 2. The number of hydrogen-bond donors (Lipinski definition) is 5. The lowest BCUT2D eigenvalue weighted by Gasteiger charge is -2.34. The SMILES string of the molecule is CC(N)(Cc1ccccc1)c1ccccc1.O=C(O)C(O)(C(=O)c1ccccc1)C(O)(C(=O)O)C(=O)c1ccccc1. The van der Waals surface area contributed by atoms with Crippen LogP contribution in [0.15, 0.2) is 121 Å². The Morgan fingerprint density at radius 1 is 0.571 bits per heavy atom. The summed E-state index contributed by atoms with van der Waals surface area (Å²) in [6, 6.07) is 33.4. The van der Waals surface area contributed by atoms with Crippen LogP contribution in [0.1, 0.15) is 38.8 Å². The molecule has 3 unspecified atom stereocenters. The number of hydrogen-bond acceptors (Lipinski definition) is 7. The number of ketones is 2. The van der Waals surface area contributed by atoms with Gasteiger partial charge in [0.05, 0.1) is 0 Å². The molecule has 0 radical (unpaired) electrons. The van der Waals surface area contributed by atoms with Crippen molar-refractivity contribution in [2.45, 2.75) is 30.1 Å². The third kappa shape index (κ3) is 6.50. The molecule has 0 spiro atoms. The van der Waals surface area contributed by atoms with E-state index in [2.05, 4.69) is 43.3 Å².